The van der Waals surface area contributed by atoms with Crippen molar-refractivity contribution in [1.82, 2.24) is 4.98 Å². The highest BCUT2D eigenvalue weighted by atomic mass is 32.2. The van der Waals surface area contributed by atoms with E-state index >= 15 is 0 Å². The van der Waals surface area contributed by atoms with Gasteiger partial charge < -0.3 is 4.74 Å². The number of thioether (sulfide) groups is 1. The van der Waals surface area contributed by atoms with E-state index in [1.807, 2.05) is 0 Å². The molecule has 3 rings (SSSR count). The summed E-state index contributed by atoms with van der Waals surface area (Å²) in [5, 5.41) is 0. The van der Waals surface area contributed by atoms with Crippen LogP contribution in [-0.4, -0.2) is 23.3 Å². The maximum absolute atomic E-state index is 11.7. The van der Waals surface area contributed by atoms with E-state index in [0.717, 1.165) is 0 Å². The van der Waals surface area contributed by atoms with Gasteiger partial charge in [0.25, 0.3) is 0 Å². The molecule has 25 heavy (non-hydrogen) atoms. The number of nitrogens with zero attached hydrogens (tertiary/aromatic N) is 1. The second-order valence-electron chi connectivity index (χ2n) is 5.62. The zero-order valence-electron chi connectivity index (χ0n) is 19.8. The number of esters is 1. The molecule has 0 amide bonds. The van der Waals surface area contributed by atoms with Crippen molar-refractivity contribution >= 4 is 17.7 Å². The molecule has 1 aliphatic heterocycles. The summed E-state index contributed by atoms with van der Waals surface area (Å²) >= 11 is 1.45. The van der Waals surface area contributed by atoms with Gasteiger partial charge in [-0.15, -0.1) is 11.8 Å². The molecule has 0 N–H and O–H groups in total. The van der Waals surface area contributed by atoms with Crippen molar-refractivity contribution in [2.45, 2.75) is 37.4 Å². The lowest BCUT2D eigenvalue weighted by Crippen LogP contribution is -2.22. The number of carbonyl (C=O) groups excluding carboxylic acids is 1. The average molecular weight is 358 g/mol. The molecule has 2 heterocycles. The molecule has 0 atom stereocenters. The van der Waals surface area contributed by atoms with Gasteiger partial charge in [0.05, 0.1) is 12.2 Å². The van der Waals surface area contributed by atoms with Gasteiger partial charge in [0.15, 0.2) is 0 Å². The first-order valence-corrected chi connectivity index (χ1v) is 8.91. The Hall–Kier alpha value is -2.25. The van der Waals surface area contributed by atoms with Crippen molar-refractivity contribution < 1.29 is 17.8 Å². The largest absolute Gasteiger partial charge is 0.462 e. The third-order valence-electron chi connectivity index (χ3n) is 3.78. The Kier molecular flexibility index (Phi) is 3.34. The van der Waals surface area contributed by atoms with Crippen LogP contribution in [0.25, 0.3) is 0 Å². The zero-order valence-corrected chi connectivity index (χ0v) is 14.6. The Labute approximate surface area is 161 Å². The molecule has 0 spiro atoms. The van der Waals surface area contributed by atoms with Gasteiger partial charge in [-0.1, -0.05) is 19.6 Å². The van der Waals surface area contributed by atoms with Gasteiger partial charge >= 0.3 is 5.97 Å². The first-order valence-electron chi connectivity index (χ1n) is 10.9. The Morgan fingerprint density at radius 2 is 2.24 bits per heavy atom. The van der Waals surface area contributed by atoms with Crippen molar-refractivity contribution in [3.05, 3.63) is 58.9 Å². The van der Waals surface area contributed by atoms with Crippen LogP contribution < -0.4 is 0 Å². The maximum atomic E-state index is 11.7. The fourth-order valence-corrected chi connectivity index (χ4v) is 3.64. The molecular formula is C21H21NO2S. The van der Waals surface area contributed by atoms with Crippen LogP contribution in [0.15, 0.2) is 41.4 Å². The first kappa shape index (κ1) is 11.4. The molecule has 0 radical (unpaired) electrons. The first-order chi connectivity index (χ1) is 14.5. The van der Waals surface area contributed by atoms with Crippen molar-refractivity contribution in [3.8, 4) is 11.8 Å². The van der Waals surface area contributed by atoms with Crippen LogP contribution in [0.1, 0.15) is 62.5 Å². The predicted molar refractivity (Wildman–Crippen MR) is 101 cm³/mol. The maximum Gasteiger partial charge on any atom is 0.339 e. The Morgan fingerprint density at radius 3 is 2.96 bits per heavy atom. The SMILES string of the molecule is [2H]C([2H])([2H])C1(C([2H])([2H])[2H])CCSc2ccc(C#Cc3ccc(C(=O)OCC)cn3)cc21. The predicted octanol–water partition coefficient (Wildman–Crippen LogP) is 4.43. The summed E-state index contributed by atoms with van der Waals surface area (Å²) < 4.78 is 53.1. The van der Waals surface area contributed by atoms with Gasteiger partial charge in [-0.3, -0.25) is 0 Å². The van der Waals surface area contributed by atoms with Crippen molar-refractivity contribution in [2.24, 2.45) is 0 Å². The summed E-state index contributed by atoms with van der Waals surface area (Å²) in [6.07, 6.45) is 1.41. The number of hydrogen-bond donors (Lipinski definition) is 0. The van der Waals surface area contributed by atoms with E-state index in [2.05, 4.69) is 16.8 Å². The third kappa shape index (κ3) is 4.05. The molecule has 1 aliphatic rings. The van der Waals surface area contributed by atoms with E-state index in [-0.39, 0.29) is 13.0 Å². The van der Waals surface area contributed by atoms with Crippen LogP contribution in [0.5, 0.6) is 0 Å². The molecule has 1 aromatic carbocycles. The second-order valence-corrected chi connectivity index (χ2v) is 6.75. The zero-order chi connectivity index (χ0) is 22.9. The van der Waals surface area contributed by atoms with Gasteiger partial charge in [-0.2, -0.15) is 0 Å². The van der Waals surface area contributed by atoms with E-state index in [0.29, 0.717) is 33.0 Å². The quantitative estimate of drug-likeness (QED) is 0.589. The minimum absolute atomic E-state index is 0.0332. The number of rotatable bonds is 2. The lowest BCUT2D eigenvalue weighted by atomic mass is 9.81. The van der Waals surface area contributed by atoms with Gasteiger partial charge in [0.1, 0.15) is 5.69 Å². The molecule has 2 aromatic rings. The van der Waals surface area contributed by atoms with Crippen LogP contribution in [0.2, 0.25) is 0 Å². The molecule has 4 heteroatoms. The minimum Gasteiger partial charge on any atom is -0.462 e. The van der Waals surface area contributed by atoms with Crippen molar-refractivity contribution in [1.29, 1.82) is 0 Å². The number of ether oxygens (including phenoxy) is 1. The molecular weight excluding hydrogens is 330 g/mol. The summed E-state index contributed by atoms with van der Waals surface area (Å²) in [4.78, 5) is 16.5. The lowest BCUT2D eigenvalue weighted by molar-refractivity contribution is 0.0526. The monoisotopic (exact) mass is 357 g/mol. The van der Waals surface area contributed by atoms with E-state index in [9.17, 15) is 4.79 Å². The van der Waals surface area contributed by atoms with Crippen LogP contribution in [-0.2, 0) is 10.2 Å². The van der Waals surface area contributed by atoms with E-state index < -0.39 is 25.1 Å². The lowest BCUT2D eigenvalue weighted by Gasteiger charge is -2.32. The molecule has 0 unspecified atom stereocenters. The minimum atomic E-state index is -2.69. The number of hydrogen-bond acceptors (Lipinski definition) is 4. The average Bonchev–Trinajstić information content (AvgIpc) is 2.70. The Bertz CT molecular complexity index is 1020. The third-order valence-corrected chi connectivity index (χ3v) is 4.86. The van der Waals surface area contributed by atoms with Crippen molar-refractivity contribution in [2.75, 3.05) is 12.4 Å². The summed E-state index contributed by atoms with van der Waals surface area (Å²) in [6, 6.07) is 8.18. The molecule has 128 valence electrons. The van der Waals surface area contributed by atoms with Crippen LogP contribution in [0.3, 0.4) is 0 Å². The number of pyridine rings is 1. The summed E-state index contributed by atoms with van der Waals surface area (Å²) in [6.45, 7) is -3.39. The summed E-state index contributed by atoms with van der Waals surface area (Å²) in [7, 11) is 0. The van der Waals surface area contributed by atoms with Gasteiger partial charge in [0.2, 0.25) is 0 Å². The smallest absolute Gasteiger partial charge is 0.339 e. The van der Waals surface area contributed by atoms with Crippen LogP contribution in [0, 0.1) is 11.8 Å². The number of aromatic nitrogens is 1. The fourth-order valence-electron chi connectivity index (χ4n) is 2.46. The summed E-state index contributed by atoms with van der Waals surface area (Å²) in [5.74, 6) is 5.75. The Balaban J connectivity index is 1.98. The standard InChI is InChI=1S/C21H21NO2S/c1-4-24-20(23)16-7-9-17(22-14-16)8-5-15-6-10-19-18(13-15)21(2,3)11-12-25-19/h6-7,9-10,13-14H,4,11-12H2,1-3H3/i2D3,3D3. The van der Waals surface area contributed by atoms with Gasteiger partial charge in [-0.25, -0.2) is 9.78 Å². The number of fused-ring (bicyclic) bond motifs is 1. The van der Waals surface area contributed by atoms with Gasteiger partial charge in [-0.05, 0) is 66.3 Å². The van der Waals surface area contributed by atoms with Crippen LogP contribution >= 0.6 is 11.8 Å². The molecule has 0 saturated carbocycles. The van der Waals surface area contributed by atoms with E-state index in [4.69, 9.17) is 13.0 Å². The van der Waals surface area contributed by atoms with Gasteiger partial charge in [0, 0.05) is 24.9 Å². The molecule has 0 bridgehead atoms. The normalized spacial score (nSPS) is 19.4. The van der Waals surface area contributed by atoms with Crippen LogP contribution in [0.4, 0.5) is 0 Å². The molecule has 1 aromatic heterocycles. The molecule has 3 nitrogen and oxygen atoms in total. The van der Waals surface area contributed by atoms with E-state index in [1.54, 1.807) is 37.3 Å². The molecule has 0 fully saturated rings. The number of carbonyl (C=O) groups is 1. The number of benzene rings is 1. The van der Waals surface area contributed by atoms with Crippen molar-refractivity contribution in [3.63, 3.8) is 0 Å². The highest BCUT2D eigenvalue weighted by Crippen LogP contribution is 2.41. The van der Waals surface area contributed by atoms with E-state index in [1.165, 1.54) is 18.0 Å². The topological polar surface area (TPSA) is 39.2 Å². The fraction of sp³-hybridized carbons (Fsp3) is 0.333. The highest BCUT2D eigenvalue weighted by Gasteiger charge is 2.27. The highest BCUT2D eigenvalue weighted by molar-refractivity contribution is 7.99. The Morgan fingerprint density at radius 1 is 1.36 bits per heavy atom. The molecule has 0 aliphatic carbocycles. The second kappa shape index (κ2) is 7.33. The molecule has 0 saturated heterocycles. The summed E-state index contributed by atoms with van der Waals surface area (Å²) in [5.41, 5.74) is -0.411.